The van der Waals surface area contributed by atoms with Crippen molar-refractivity contribution in [2.24, 2.45) is 0 Å². The van der Waals surface area contributed by atoms with Crippen LogP contribution in [0.15, 0.2) is 36.5 Å². The number of allylic oxidation sites excluding steroid dienone is 6. The maximum atomic E-state index is 12.6. The van der Waals surface area contributed by atoms with Crippen LogP contribution in [0.3, 0.4) is 0 Å². The summed E-state index contributed by atoms with van der Waals surface area (Å²) in [7, 11) is 0. The fraction of sp³-hybridized carbons (Fsp3) is 0.905. The lowest BCUT2D eigenvalue weighted by molar-refractivity contribution is -0.123. The van der Waals surface area contributed by atoms with Gasteiger partial charge in [-0.15, -0.1) is 0 Å². The largest absolute Gasteiger partial charge is 0.394 e. The van der Waals surface area contributed by atoms with Gasteiger partial charge in [-0.05, 0) is 51.4 Å². The van der Waals surface area contributed by atoms with Crippen LogP contribution >= 0.6 is 0 Å². The molecule has 0 aromatic rings. The summed E-state index contributed by atoms with van der Waals surface area (Å²) >= 11 is 0. The highest BCUT2D eigenvalue weighted by atomic mass is 16.3. The number of nitrogens with one attached hydrogen (secondary N) is 1. The van der Waals surface area contributed by atoms with Gasteiger partial charge in [-0.25, -0.2) is 0 Å². The standard InChI is InChI=1S/C74H143NO3/c1-3-5-7-9-11-13-15-17-19-21-23-25-27-29-30-31-32-33-34-35-36-37-38-39-40-41-42-43-44-46-48-50-52-54-56-58-60-62-64-66-68-70-74(78)75-72(71-76)73(77)69-67-65-63-61-59-57-55-53-51-49-47-45-28-26-24-22-20-18-16-14-12-10-8-6-4-2/h15,17,21,23,27,29,72-73,76-77H,3-14,16,18-20,22,24-26,28,30-71H2,1-2H3,(H,75,78)/b17-15-,23-21-,29-27-. The van der Waals surface area contributed by atoms with Gasteiger partial charge >= 0.3 is 0 Å². The Kier molecular flexibility index (Phi) is 68.6. The van der Waals surface area contributed by atoms with Crippen molar-refractivity contribution in [3.8, 4) is 0 Å². The molecule has 2 atom stereocenters. The number of unbranched alkanes of at least 4 members (excludes halogenated alkanes) is 55. The van der Waals surface area contributed by atoms with E-state index in [2.05, 4.69) is 55.6 Å². The average Bonchev–Trinajstić information content (AvgIpc) is 3.44. The molecule has 3 N–H and O–H groups in total. The second-order valence-electron chi connectivity index (χ2n) is 25.0. The molecule has 4 heteroatoms. The van der Waals surface area contributed by atoms with Crippen LogP contribution < -0.4 is 5.32 Å². The zero-order valence-corrected chi connectivity index (χ0v) is 53.5. The van der Waals surface area contributed by atoms with Gasteiger partial charge in [0.15, 0.2) is 0 Å². The van der Waals surface area contributed by atoms with Gasteiger partial charge in [0.05, 0.1) is 18.8 Å². The smallest absolute Gasteiger partial charge is 0.220 e. The molecule has 0 aromatic carbocycles. The maximum Gasteiger partial charge on any atom is 0.220 e. The SMILES string of the molecule is CCCCCCC/C=C\C/C=C\C/C=C\CCCCCCCCCCCCCCCCCCCCCCCCCCCCC(=O)NC(CO)C(O)CCCCCCCCCCCCCCCCCCCCCCCCCCC. The lowest BCUT2D eigenvalue weighted by atomic mass is 10.0. The first-order chi connectivity index (χ1) is 38.7. The van der Waals surface area contributed by atoms with Crippen molar-refractivity contribution in [3.63, 3.8) is 0 Å². The van der Waals surface area contributed by atoms with E-state index in [9.17, 15) is 15.0 Å². The van der Waals surface area contributed by atoms with Crippen LogP contribution in [0.4, 0.5) is 0 Å². The zero-order chi connectivity index (χ0) is 56.2. The van der Waals surface area contributed by atoms with Gasteiger partial charge in [0, 0.05) is 6.42 Å². The Morgan fingerprint density at radius 3 is 0.782 bits per heavy atom. The Morgan fingerprint density at radius 2 is 0.526 bits per heavy atom. The zero-order valence-electron chi connectivity index (χ0n) is 53.5. The van der Waals surface area contributed by atoms with E-state index in [1.807, 2.05) is 0 Å². The molecule has 0 radical (unpaired) electrons. The van der Waals surface area contributed by atoms with Gasteiger partial charge in [-0.1, -0.05) is 391 Å². The molecule has 0 aliphatic carbocycles. The van der Waals surface area contributed by atoms with Crippen molar-refractivity contribution in [1.29, 1.82) is 0 Å². The second-order valence-corrected chi connectivity index (χ2v) is 25.0. The van der Waals surface area contributed by atoms with Crippen LogP contribution in [0, 0.1) is 0 Å². The minimum absolute atomic E-state index is 0.0215. The minimum atomic E-state index is -0.659. The van der Waals surface area contributed by atoms with Crippen LogP contribution in [0.25, 0.3) is 0 Å². The number of aliphatic hydroxyl groups excluding tert-OH is 2. The average molecular weight is 1090 g/mol. The summed E-state index contributed by atoms with van der Waals surface area (Å²) in [6.45, 7) is 4.39. The number of carbonyl (C=O) groups excluding carboxylic acids is 1. The van der Waals surface area contributed by atoms with Crippen molar-refractivity contribution < 1.29 is 15.0 Å². The van der Waals surface area contributed by atoms with Gasteiger partial charge in [0.1, 0.15) is 0 Å². The first-order valence-electron chi connectivity index (χ1n) is 36.2. The van der Waals surface area contributed by atoms with Gasteiger partial charge < -0.3 is 15.5 Å². The fourth-order valence-electron chi connectivity index (χ4n) is 11.7. The van der Waals surface area contributed by atoms with Gasteiger partial charge in [-0.3, -0.25) is 4.79 Å². The predicted molar refractivity (Wildman–Crippen MR) is 350 cm³/mol. The van der Waals surface area contributed by atoms with Crippen LogP contribution in [0.2, 0.25) is 0 Å². The van der Waals surface area contributed by atoms with E-state index < -0.39 is 12.1 Å². The predicted octanol–water partition coefficient (Wildman–Crippen LogP) is 24.7. The Hall–Kier alpha value is -1.39. The number of rotatable bonds is 68. The molecule has 0 spiro atoms. The molecule has 0 fully saturated rings. The third kappa shape index (κ3) is 65.4. The Morgan fingerprint density at radius 1 is 0.308 bits per heavy atom. The molecule has 0 aliphatic heterocycles. The first kappa shape index (κ1) is 76.6. The summed E-state index contributed by atoms with van der Waals surface area (Å²) in [6, 6.07) is -0.535. The van der Waals surface area contributed by atoms with E-state index in [0.29, 0.717) is 12.8 Å². The number of carbonyl (C=O) groups is 1. The number of hydrogen-bond donors (Lipinski definition) is 3. The molecular formula is C74H143NO3. The molecule has 1 amide bonds. The fourth-order valence-corrected chi connectivity index (χ4v) is 11.7. The molecule has 2 unspecified atom stereocenters. The van der Waals surface area contributed by atoms with E-state index in [1.54, 1.807) is 0 Å². The molecule has 0 heterocycles. The summed E-state index contributed by atoms with van der Waals surface area (Å²) in [5.41, 5.74) is 0. The highest BCUT2D eigenvalue weighted by molar-refractivity contribution is 5.76. The normalized spacial score (nSPS) is 12.8. The van der Waals surface area contributed by atoms with E-state index in [4.69, 9.17) is 0 Å². The number of aliphatic hydroxyl groups is 2. The summed E-state index contributed by atoms with van der Waals surface area (Å²) in [5, 5.41) is 23.5. The number of amides is 1. The quantitative estimate of drug-likeness (QED) is 0.0420. The number of hydrogen-bond acceptors (Lipinski definition) is 3. The molecule has 0 saturated heterocycles. The summed E-state index contributed by atoms with van der Waals surface area (Å²) in [6.07, 6.45) is 96.5. The molecule has 4 nitrogen and oxygen atoms in total. The Balaban J connectivity index is 3.37. The van der Waals surface area contributed by atoms with E-state index in [1.165, 1.54) is 347 Å². The van der Waals surface area contributed by atoms with E-state index in [-0.39, 0.29) is 12.5 Å². The van der Waals surface area contributed by atoms with Gasteiger partial charge in [-0.2, -0.15) is 0 Å². The van der Waals surface area contributed by atoms with Crippen LogP contribution in [-0.4, -0.2) is 34.9 Å². The highest BCUT2D eigenvalue weighted by Crippen LogP contribution is 2.20. The molecule has 0 bridgehead atoms. The summed E-state index contributed by atoms with van der Waals surface area (Å²) in [4.78, 5) is 12.6. The third-order valence-electron chi connectivity index (χ3n) is 17.2. The minimum Gasteiger partial charge on any atom is -0.394 e. The van der Waals surface area contributed by atoms with Crippen molar-refractivity contribution >= 4 is 5.91 Å². The molecule has 0 aliphatic rings. The Labute approximate surface area is 491 Å². The van der Waals surface area contributed by atoms with Crippen molar-refractivity contribution in [1.82, 2.24) is 5.32 Å². The van der Waals surface area contributed by atoms with Crippen molar-refractivity contribution in [2.45, 2.75) is 424 Å². The first-order valence-corrected chi connectivity index (χ1v) is 36.2. The van der Waals surface area contributed by atoms with E-state index >= 15 is 0 Å². The van der Waals surface area contributed by atoms with Gasteiger partial charge in [0.25, 0.3) is 0 Å². The van der Waals surface area contributed by atoms with Crippen LogP contribution in [0.1, 0.15) is 412 Å². The summed E-state index contributed by atoms with van der Waals surface area (Å²) < 4.78 is 0. The molecule has 78 heavy (non-hydrogen) atoms. The maximum absolute atomic E-state index is 12.6. The van der Waals surface area contributed by atoms with Crippen molar-refractivity contribution in [2.75, 3.05) is 6.61 Å². The molecule has 0 aromatic heterocycles. The highest BCUT2D eigenvalue weighted by Gasteiger charge is 2.20. The second kappa shape index (κ2) is 69.9. The van der Waals surface area contributed by atoms with Crippen molar-refractivity contribution in [3.05, 3.63) is 36.5 Å². The van der Waals surface area contributed by atoms with E-state index in [0.717, 1.165) is 38.5 Å². The monoisotopic (exact) mass is 1090 g/mol. The molecule has 0 saturated carbocycles. The topological polar surface area (TPSA) is 69.6 Å². The van der Waals surface area contributed by atoms with Gasteiger partial charge in [0.2, 0.25) is 5.91 Å². The lowest BCUT2D eigenvalue weighted by Gasteiger charge is -2.22. The lowest BCUT2D eigenvalue weighted by Crippen LogP contribution is -2.45. The third-order valence-corrected chi connectivity index (χ3v) is 17.2. The van der Waals surface area contributed by atoms with Crippen LogP contribution in [-0.2, 0) is 4.79 Å². The van der Waals surface area contributed by atoms with Crippen LogP contribution in [0.5, 0.6) is 0 Å². The molecular weight excluding hydrogens is 951 g/mol. The molecule has 0 rings (SSSR count). The molecule has 462 valence electrons. The Bertz CT molecular complexity index is 1190. The summed E-state index contributed by atoms with van der Waals surface area (Å²) in [5.74, 6) is -0.0215.